The summed E-state index contributed by atoms with van der Waals surface area (Å²) in [4.78, 5) is 34.6. The van der Waals surface area contributed by atoms with Gasteiger partial charge in [0.25, 0.3) is 11.6 Å². The maximum atomic E-state index is 12.9. The minimum absolute atomic E-state index is 0.233. The lowest BCUT2D eigenvalue weighted by molar-refractivity contribution is -0.385. The van der Waals surface area contributed by atoms with Gasteiger partial charge in [0.1, 0.15) is 11.4 Å². The number of esters is 1. The lowest BCUT2D eigenvalue weighted by Gasteiger charge is -2.18. The number of nitrogens with zero attached hydrogens (tertiary/aromatic N) is 1. The number of halogens is 1. The second kappa shape index (κ2) is 8.19. The van der Waals surface area contributed by atoms with Gasteiger partial charge in [-0.3, -0.25) is 14.9 Å². The number of nitro benzene ring substituents is 1. The summed E-state index contributed by atoms with van der Waals surface area (Å²) in [5.74, 6) is -1.93. The van der Waals surface area contributed by atoms with Gasteiger partial charge in [0.15, 0.2) is 6.10 Å². The Bertz CT molecular complexity index is 823. The normalized spacial score (nSPS) is 12.7. The zero-order chi connectivity index (χ0) is 19.3. The van der Waals surface area contributed by atoms with Crippen molar-refractivity contribution < 1.29 is 23.6 Å². The quantitative estimate of drug-likeness (QED) is 0.485. The van der Waals surface area contributed by atoms with E-state index in [-0.39, 0.29) is 11.4 Å². The molecule has 0 radical (unpaired) electrons. The molecule has 0 spiro atoms. The van der Waals surface area contributed by atoms with Crippen LogP contribution in [-0.2, 0) is 9.53 Å². The van der Waals surface area contributed by atoms with Crippen LogP contribution >= 0.6 is 0 Å². The molecule has 2 aromatic carbocycles. The van der Waals surface area contributed by atoms with Gasteiger partial charge in [0, 0.05) is 6.07 Å². The average Bonchev–Trinajstić information content (AvgIpc) is 2.61. The Morgan fingerprint density at radius 2 is 1.73 bits per heavy atom. The predicted molar refractivity (Wildman–Crippen MR) is 90.9 cm³/mol. The van der Waals surface area contributed by atoms with Crippen molar-refractivity contribution in [2.24, 2.45) is 0 Å². The largest absolute Gasteiger partial charge is 0.449 e. The fraction of sp³-hybridized carbons (Fsp3) is 0.222. The zero-order valence-electron chi connectivity index (χ0n) is 14.1. The summed E-state index contributed by atoms with van der Waals surface area (Å²) in [6.07, 6.45) is -1.16. The van der Waals surface area contributed by atoms with Crippen LogP contribution in [-0.4, -0.2) is 22.9 Å². The first-order chi connectivity index (χ1) is 12.3. The van der Waals surface area contributed by atoms with Crippen molar-refractivity contribution in [3.63, 3.8) is 0 Å². The van der Waals surface area contributed by atoms with E-state index in [2.05, 4.69) is 5.32 Å². The second-order valence-corrected chi connectivity index (χ2v) is 5.60. The van der Waals surface area contributed by atoms with Gasteiger partial charge in [0.2, 0.25) is 0 Å². The number of carbonyl (C=O) groups is 2. The summed E-state index contributed by atoms with van der Waals surface area (Å²) < 4.78 is 18.0. The van der Waals surface area contributed by atoms with Crippen molar-refractivity contribution >= 4 is 17.6 Å². The lowest BCUT2D eigenvalue weighted by Crippen LogP contribution is -2.37. The molecule has 0 saturated heterocycles. The van der Waals surface area contributed by atoms with Crippen LogP contribution in [0.15, 0.2) is 48.5 Å². The number of hydrogen-bond donors (Lipinski definition) is 1. The predicted octanol–water partition coefficient (Wildman–Crippen LogP) is 3.16. The molecule has 136 valence electrons. The molecule has 2 rings (SSSR count). The first-order valence-electron chi connectivity index (χ1n) is 7.80. The van der Waals surface area contributed by atoms with Crippen LogP contribution in [0.25, 0.3) is 0 Å². The van der Waals surface area contributed by atoms with E-state index in [1.807, 2.05) is 0 Å². The number of para-hydroxylation sites is 1. The van der Waals surface area contributed by atoms with Crippen molar-refractivity contribution in [3.8, 4) is 0 Å². The van der Waals surface area contributed by atoms with Gasteiger partial charge in [-0.25, -0.2) is 9.18 Å². The maximum Gasteiger partial charge on any atom is 0.345 e. The Kier molecular flexibility index (Phi) is 6.00. The van der Waals surface area contributed by atoms with Gasteiger partial charge in [-0.2, -0.15) is 0 Å². The molecular formula is C18H17FN2O5. The Labute approximate surface area is 148 Å². The zero-order valence-corrected chi connectivity index (χ0v) is 14.1. The summed E-state index contributed by atoms with van der Waals surface area (Å²) in [6, 6.07) is 10.5. The molecule has 0 unspecified atom stereocenters. The highest BCUT2D eigenvalue weighted by molar-refractivity contribution is 5.95. The number of hydrogen-bond acceptors (Lipinski definition) is 5. The maximum absolute atomic E-state index is 12.9. The number of nitro groups is 1. The number of carbonyl (C=O) groups excluding carboxylic acids is 2. The smallest absolute Gasteiger partial charge is 0.345 e. The van der Waals surface area contributed by atoms with E-state index < -0.39 is 34.6 Å². The third-order valence-electron chi connectivity index (χ3n) is 3.70. The molecule has 8 heteroatoms. The third-order valence-corrected chi connectivity index (χ3v) is 3.70. The summed E-state index contributed by atoms with van der Waals surface area (Å²) in [6.45, 7) is 3.06. The SMILES string of the molecule is C[C@@H](OC(=O)c1ccccc1[N+](=O)[O-])C(=O)N[C@H](C)c1ccc(F)cc1. The molecule has 0 fully saturated rings. The molecule has 1 amide bonds. The van der Waals surface area contributed by atoms with Crippen molar-refractivity contribution in [1.29, 1.82) is 0 Å². The fourth-order valence-electron chi connectivity index (χ4n) is 2.25. The molecule has 0 aromatic heterocycles. The molecule has 0 heterocycles. The van der Waals surface area contributed by atoms with E-state index >= 15 is 0 Å². The van der Waals surface area contributed by atoms with Gasteiger partial charge in [-0.15, -0.1) is 0 Å². The molecule has 0 saturated carbocycles. The number of benzene rings is 2. The summed E-state index contributed by atoms with van der Waals surface area (Å²) in [5, 5.41) is 13.6. The topological polar surface area (TPSA) is 98.5 Å². The Morgan fingerprint density at radius 1 is 1.12 bits per heavy atom. The van der Waals surface area contributed by atoms with Gasteiger partial charge in [-0.1, -0.05) is 24.3 Å². The van der Waals surface area contributed by atoms with Crippen LogP contribution in [0.1, 0.15) is 35.8 Å². The van der Waals surface area contributed by atoms with Crippen molar-refractivity contribution in [2.45, 2.75) is 26.0 Å². The first kappa shape index (κ1) is 19.0. The molecule has 2 atom stereocenters. The van der Waals surface area contributed by atoms with Crippen LogP contribution in [0.2, 0.25) is 0 Å². The number of rotatable bonds is 6. The first-order valence-corrected chi connectivity index (χ1v) is 7.80. The fourth-order valence-corrected chi connectivity index (χ4v) is 2.25. The minimum atomic E-state index is -1.16. The summed E-state index contributed by atoms with van der Waals surface area (Å²) in [5.41, 5.74) is 0.0468. The Morgan fingerprint density at radius 3 is 2.35 bits per heavy atom. The highest BCUT2D eigenvalue weighted by Crippen LogP contribution is 2.19. The number of amides is 1. The van der Waals surface area contributed by atoms with Gasteiger partial charge in [0.05, 0.1) is 11.0 Å². The van der Waals surface area contributed by atoms with Crippen LogP contribution in [0.3, 0.4) is 0 Å². The van der Waals surface area contributed by atoms with Gasteiger partial charge < -0.3 is 10.1 Å². The van der Waals surface area contributed by atoms with Crippen molar-refractivity contribution in [3.05, 3.63) is 75.6 Å². The molecule has 2 aromatic rings. The summed E-state index contributed by atoms with van der Waals surface area (Å²) >= 11 is 0. The lowest BCUT2D eigenvalue weighted by atomic mass is 10.1. The third kappa shape index (κ3) is 4.62. The van der Waals surface area contributed by atoms with E-state index in [0.29, 0.717) is 5.56 Å². The van der Waals surface area contributed by atoms with E-state index in [1.54, 1.807) is 6.92 Å². The monoisotopic (exact) mass is 360 g/mol. The van der Waals surface area contributed by atoms with Crippen molar-refractivity contribution in [2.75, 3.05) is 0 Å². The van der Waals surface area contributed by atoms with E-state index in [4.69, 9.17) is 4.74 Å². The molecule has 0 aliphatic carbocycles. The van der Waals surface area contributed by atoms with Crippen molar-refractivity contribution in [1.82, 2.24) is 5.32 Å². The van der Waals surface area contributed by atoms with E-state index in [0.717, 1.165) is 0 Å². The van der Waals surface area contributed by atoms with Gasteiger partial charge >= 0.3 is 5.97 Å². The minimum Gasteiger partial charge on any atom is -0.449 e. The highest BCUT2D eigenvalue weighted by atomic mass is 19.1. The molecular weight excluding hydrogens is 343 g/mol. The molecule has 1 N–H and O–H groups in total. The van der Waals surface area contributed by atoms with Crippen LogP contribution in [0, 0.1) is 15.9 Å². The van der Waals surface area contributed by atoms with Crippen LogP contribution < -0.4 is 5.32 Å². The standard InChI is InChI=1S/C18H17FN2O5/c1-11(13-7-9-14(19)10-8-13)20-17(22)12(2)26-18(23)15-5-3-4-6-16(15)21(24)25/h3-12H,1-2H3,(H,20,22)/t11-,12-/m1/s1. The second-order valence-electron chi connectivity index (χ2n) is 5.60. The van der Waals surface area contributed by atoms with E-state index in [9.17, 15) is 24.1 Å². The molecule has 0 bridgehead atoms. The Hall–Kier alpha value is -3.29. The van der Waals surface area contributed by atoms with Crippen LogP contribution in [0.5, 0.6) is 0 Å². The van der Waals surface area contributed by atoms with E-state index in [1.165, 1.54) is 55.5 Å². The molecule has 0 aliphatic rings. The molecule has 26 heavy (non-hydrogen) atoms. The van der Waals surface area contributed by atoms with Gasteiger partial charge in [-0.05, 0) is 37.6 Å². The average molecular weight is 360 g/mol. The summed E-state index contributed by atoms with van der Waals surface area (Å²) in [7, 11) is 0. The van der Waals surface area contributed by atoms with Crippen LogP contribution in [0.4, 0.5) is 10.1 Å². The number of ether oxygens (including phenoxy) is 1. The Balaban J connectivity index is 2.01. The number of nitrogens with one attached hydrogen (secondary N) is 1. The molecule has 7 nitrogen and oxygen atoms in total. The molecule has 0 aliphatic heterocycles. The highest BCUT2D eigenvalue weighted by Gasteiger charge is 2.25.